The first-order chi connectivity index (χ1) is 6.84. The number of rotatable bonds is 5. The van der Waals surface area contributed by atoms with Crippen LogP contribution in [0.1, 0.15) is 34.1 Å². The molecule has 0 fully saturated rings. The first kappa shape index (κ1) is 13.7. The lowest BCUT2D eigenvalue weighted by atomic mass is 10.3. The van der Waals surface area contributed by atoms with E-state index < -0.39 is 0 Å². The standard InChI is InChI=1S/C10H21N3O2/c1-7(2)13(6-5-9(11)12)10(14)15-8(3)4/h7-8H,5-6H2,1-4H3,(H3,11,12). The minimum atomic E-state index is -0.346. The average Bonchev–Trinajstić information content (AvgIpc) is 2.01. The lowest BCUT2D eigenvalue weighted by Crippen LogP contribution is -2.40. The fraction of sp³-hybridized carbons (Fsp3) is 0.800. The van der Waals surface area contributed by atoms with Crippen molar-refractivity contribution in [3.8, 4) is 0 Å². The van der Waals surface area contributed by atoms with E-state index in [1.807, 2.05) is 13.8 Å². The second kappa shape index (κ2) is 6.27. The Morgan fingerprint density at radius 1 is 1.40 bits per heavy atom. The van der Waals surface area contributed by atoms with Crippen molar-refractivity contribution in [3.63, 3.8) is 0 Å². The van der Waals surface area contributed by atoms with E-state index in [2.05, 4.69) is 0 Å². The average molecular weight is 215 g/mol. The van der Waals surface area contributed by atoms with Crippen molar-refractivity contribution in [1.29, 1.82) is 5.41 Å². The third kappa shape index (κ3) is 5.93. The molecule has 0 aliphatic heterocycles. The molecule has 0 aromatic rings. The summed E-state index contributed by atoms with van der Waals surface area (Å²) < 4.78 is 5.08. The van der Waals surface area contributed by atoms with Gasteiger partial charge in [0.05, 0.1) is 11.9 Å². The molecule has 0 unspecified atom stereocenters. The van der Waals surface area contributed by atoms with Gasteiger partial charge in [-0.15, -0.1) is 0 Å². The van der Waals surface area contributed by atoms with Crippen LogP contribution in [0.15, 0.2) is 0 Å². The Morgan fingerprint density at radius 2 is 1.93 bits per heavy atom. The van der Waals surface area contributed by atoms with E-state index in [1.165, 1.54) is 0 Å². The molecule has 0 radical (unpaired) electrons. The van der Waals surface area contributed by atoms with Crippen LogP contribution in [0.4, 0.5) is 4.79 Å². The fourth-order valence-corrected chi connectivity index (χ4v) is 1.07. The Balaban J connectivity index is 4.25. The van der Waals surface area contributed by atoms with Gasteiger partial charge in [0.25, 0.3) is 0 Å². The number of carbonyl (C=O) groups excluding carboxylic acids is 1. The number of nitrogens with one attached hydrogen (secondary N) is 1. The molecule has 0 saturated carbocycles. The van der Waals surface area contributed by atoms with Gasteiger partial charge in [-0.25, -0.2) is 4.79 Å². The van der Waals surface area contributed by atoms with Crippen molar-refractivity contribution < 1.29 is 9.53 Å². The van der Waals surface area contributed by atoms with Crippen LogP contribution in [-0.2, 0) is 4.74 Å². The number of amidine groups is 1. The van der Waals surface area contributed by atoms with Gasteiger partial charge in [0.1, 0.15) is 0 Å². The predicted molar refractivity (Wildman–Crippen MR) is 60.0 cm³/mol. The van der Waals surface area contributed by atoms with Gasteiger partial charge in [-0.3, -0.25) is 5.41 Å². The Labute approximate surface area is 91.1 Å². The maximum atomic E-state index is 11.6. The minimum Gasteiger partial charge on any atom is -0.447 e. The molecule has 0 spiro atoms. The number of hydrogen-bond donors (Lipinski definition) is 2. The van der Waals surface area contributed by atoms with Crippen molar-refractivity contribution in [1.82, 2.24) is 4.90 Å². The van der Waals surface area contributed by atoms with Crippen LogP contribution in [0, 0.1) is 5.41 Å². The summed E-state index contributed by atoms with van der Waals surface area (Å²) in [6, 6.07) is 0.0515. The van der Waals surface area contributed by atoms with Gasteiger partial charge >= 0.3 is 6.09 Å². The molecule has 5 nitrogen and oxygen atoms in total. The zero-order chi connectivity index (χ0) is 12.0. The van der Waals surface area contributed by atoms with E-state index in [1.54, 1.807) is 18.7 Å². The Morgan fingerprint density at radius 3 is 2.27 bits per heavy atom. The monoisotopic (exact) mass is 215 g/mol. The van der Waals surface area contributed by atoms with Crippen LogP contribution in [0.5, 0.6) is 0 Å². The van der Waals surface area contributed by atoms with E-state index in [0.29, 0.717) is 13.0 Å². The molecule has 0 aromatic heterocycles. The van der Waals surface area contributed by atoms with Crippen molar-refractivity contribution >= 4 is 11.9 Å². The summed E-state index contributed by atoms with van der Waals surface area (Å²) in [7, 11) is 0. The summed E-state index contributed by atoms with van der Waals surface area (Å²) in [6.45, 7) is 7.85. The van der Waals surface area contributed by atoms with Gasteiger partial charge in [-0.05, 0) is 27.7 Å². The number of amides is 1. The topological polar surface area (TPSA) is 79.4 Å². The third-order valence-corrected chi connectivity index (χ3v) is 1.82. The molecule has 5 heteroatoms. The first-order valence-electron chi connectivity index (χ1n) is 5.14. The quantitative estimate of drug-likeness (QED) is 0.539. The second-order valence-electron chi connectivity index (χ2n) is 3.99. The minimum absolute atomic E-state index is 0.0515. The van der Waals surface area contributed by atoms with Crippen LogP contribution in [0.2, 0.25) is 0 Å². The second-order valence-corrected chi connectivity index (χ2v) is 3.99. The van der Waals surface area contributed by atoms with E-state index in [9.17, 15) is 4.79 Å². The molecule has 0 heterocycles. The first-order valence-corrected chi connectivity index (χ1v) is 5.14. The van der Waals surface area contributed by atoms with Gasteiger partial charge in [0.15, 0.2) is 0 Å². The molecular formula is C10H21N3O2. The van der Waals surface area contributed by atoms with Crippen LogP contribution in [0.25, 0.3) is 0 Å². The summed E-state index contributed by atoms with van der Waals surface area (Å²) in [5.74, 6) is 0.0815. The number of nitrogens with zero attached hydrogens (tertiary/aromatic N) is 1. The molecule has 15 heavy (non-hydrogen) atoms. The molecule has 1 amide bonds. The molecule has 0 saturated heterocycles. The highest BCUT2D eigenvalue weighted by Crippen LogP contribution is 2.04. The van der Waals surface area contributed by atoms with Gasteiger partial charge < -0.3 is 15.4 Å². The van der Waals surface area contributed by atoms with Gasteiger partial charge in [0.2, 0.25) is 0 Å². The molecular weight excluding hydrogens is 194 g/mol. The molecule has 0 rings (SSSR count). The highest BCUT2D eigenvalue weighted by atomic mass is 16.6. The van der Waals surface area contributed by atoms with E-state index in [-0.39, 0.29) is 24.1 Å². The highest BCUT2D eigenvalue weighted by molar-refractivity contribution is 5.77. The van der Waals surface area contributed by atoms with Gasteiger partial charge in [-0.1, -0.05) is 0 Å². The van der Waals surface area contributed by atoms with Crippen molar-refractivity contribution in [2.75, 3.05) is 6.54 Å². The van der Waals surface area contributed by atoms with E-state index in [0.717, 1.165) is 0 Å². The smallest absolute Gasteiger partial charge is 0.410 e. The Kier molecular flexibility index (Phi) is 5.74. The van der Waals surface area contributed by atoms with Gasteiger partial charge in [-0.2, -0.15) is 0 Å². The van der Waals surface area contributed by atoms with Crippen molar-refractivity contribution in [3.05, 3.63) is 0 Å². The maximum Gasteiger partial charge on any atom is 0.410 e. The summed E-state index contributed by atoms with van der Waals surface area (Å²) in [6.07, 6.45) is -0.0944. The third-order valence-electron chi connectivity index (χ3n) is 1.82. The number of carbonyl (C=O) groups is 1. The zero-order valence-electron chi connectivity index (χ0n) is 9.91. The lowest BCUT2D eigenvalue weighted by Gasteiger charge is -2.26. The summed E-state index contributed by atoms with van der Waals surface area (Å²) >= 11 is 0. The van der Waals surface area contributed by atoms with Gasteiger partial charge in [0, 0.05) is 19.0 Å². The molecule has 0 aliphatic carbocycles. The number of hydrogen-bond acceptors (Lipinski definition) is 3. The molecule has 0 aliphatic rings. The van der Waals surface area contributed by atoms with Crippen molar-refractivity contribution in [2.24, 2.45) is 5.73 Å². The normalized spacial score (nSPS) is 10.5. The molecule has 0 aromatic carbocycles. The number of ether oxygens (including phenoxy) is 1. The van der Waals surface area contributed by atoms with Crippen LogP contribution in [-0.4, -0.2) is 35.5 Å². The molecule has 0 bridgehead atoms. The van der Waals surface area contributed by atoms with Crippen LogP contribution in [0.3, 0.4) is 0 Å². The summed E-state index contributed by atoms with van der Waals surface area (Å²) in [4.78, 5) is 13.2. The largest absolute Gasteiger partial charge is 0.447 e. The van der Waals surface area contributed by atoms with E-state index >= 15 is 0 Å². The SMILES string of the molecule is CC(C)OC(=O)N(CCC(=N)N)C(C)C. The highest BCUT2D eigenvalue weighted by Gasteiger charge is 2.19. The lowest BCUT2D eigenvalue weighted by molar-refractivity contribution is 0.0688. The summed E-state index contributed by atoms with van der Waals surface area (Å²) in [5.41, 5.74) is 5.25. The van der Waals surface area contributed by atoms with Crippen LogP contribution < -0.4 is 5.73 Å². The van der Waals surface area contributed by atoms with Crippen LogP contribution >= 0.6 is 0 Å². The Bertz CT molecular complexity index is 227. The van der Waals surface area contributed by atoms with E-state index in [4.69, 9.17) is 15.9 Å². The molecule has 88 valence electrons. The maximum absolute atomic E-state index is 11.6. The Hall–Kier alpha value is -1.26. The fourth-order valence-electron chi connectivity index (χ4n) is 1.07. The zero-order valence-corrected chi connectivity index (χ0v) is 9.91. The number of nitrogens with two attached hydrogens (primary N) is 1. The predicted octanol–water partition coefficient (Wildman–Crippen LogP) is 1.57. The molecule has 3 N–H and O–H groups in total. The summed E-state index contributed by atoms with van der Waals surface area (Å²) in [5, 5.41) is 7.11. The molecule has 0 atom stereocenters. The van der Waals surface area contributed by atoms with Crippen molar-refractivity contribution in [2.45, 2.75) is 46.3 Å².